The number of hydrogen-bond donors (Lipinski definition) is 2. The number of rotatable bonds is 15. The van der Waals surface area contributed by atoms with Crippen molar-refractivity contribution in [3.05, 3.63) is 12.2 Å². The number of carbonyl (C=O) groups excluding carboxylic acids is 5. The van der Waals surface area contributed by atoms with E-state index in [9.17, 15) is 34.2 Å². The van der Waals surface area contributed by atoms with Gasteiger partial charge in [-0.15, -0.1) is 0 Å². The maximum absolute atomic E-state index is 13.5. The Bertz CT molecular complexity index is 1540. The highest BCUT2D eigenvalue weighted by molar-refractivity contribution is 5.72. The fourth-order valence-electron chi connectivity index (χ4n) is 9.00. The smallest absolute Gasteiger partial charge is 0.309 e. The summed E-state index contributed by atoms with van der Waals surface area (Å²) in [6.07, 6.45) is -6.48. The van der Waals surface area contributed by atoms with E-state index in [1.807, 2.05) is 19.9 Å². The van der Waals surface area contributed by atoms with Crippen molar-refractivity contribution in [2.24, 2.45) is 11.8 Å². The number of aliphatic hydroxyl groups excluding tert-OH is 1. The van der Waals surface area contributed by atoms with Crippen LogP contribution in [0.5, 0.6) is 0 Å². The van der Waals surface area contributed by atoms with Gasteiger partial charge in [0.05, 0.1) is 36.9 Å². The zero-order valence-electron chi connectivity index (χ0n) is 38.9. The van der Waals surface area contributed by atoms with Gasteiger partial charge in [-0.1, -0.05) is 33.3 Å². The molecule has 0 aromatic carbocycles. The average Bonchev–Trinajstić information content (AvgIpc) is 3.94. The van der Waals surface area contributed by atoms with Crippen molar-refractivity contribution >= 4 is 30.2 Å². The predicted molar refractivity (Wildman–Crippen MR) is 224 cm³/mol. The van der Waals surface area contributed by atoms with Gasteiger partial charge in [0.15, 0.2) is 18.7 Å². The Kier molecular flexibility index (Phi) is 20.0. The van der Waals surface area contributed by atoms with E-state index in [0.717, 1.165) is 6.42 Å². The first-order valence-electron chi connectivity index (χ1n) is 22.5. The fraction of sp³-hybridized carbons (Fsp3) is 0.844. The summed E-state index contributed by atoms with van der Waals surface area (Å²) in [5, 5.41) is 23.7. The third kappa shape index (κ3) is 14.7. The van der Waals surface area contributed by atoms with Gasteiger partial charge >= 0.3 is 23.9 Å². The van der Waals surface area contributed by atoms with Crippen LogP contribution < -0.4 is 0 Å². The standard InChI is InChI=1S/C45H73NO17/c1-12-14-15-35(50)61-43-27(6)56-37(23-45(43,8)53)62-40-26(5)57-44(39(52)38(40)46(9)10)63-41-29(18-19-47)20-24(3)30(60-34(49)13-2)16-17-31-32(59-31)21-25(4)55-36(51)22-33(42(41)54-11)58-28(7)48/h16-17,19,24-27,29-33,37-44,52-53H,12-15,18,20-23H2,1-11H3/b17-16+. The lowest BCUT2D eigenvalue weighted by molar-refractivity contribution is -0.344. The molecule has 4 rings (SSSR count). The largest absolute Gasteiger partial charge is 0.462 e. The molecule has 4 heterocycles. The second kappa shape index (κ2) is 23.9. The highest BCUT2D eigenvalue weighted by Crippen LogP contribution is 2.38. The van der Waals surface area contributed by atoms with Crippen molar-refractivity contribution in [3.8, 4) is 0 Å². The van der Waals surface area contributed by atoms with Crippen LogP contribution in [0.4, 0.5) is 0 Å². The summed E-state index contributed by atoms with van der Waals surface area (Å²) >= 11 is 0. The van der Waals surface area contributed by atoms with Crippen molar-refractivity contribution in [2.75, 3.05) is 21.2 Å². The second-order valence-corrected chi connectivity index (χ2v) is 18.0. The van der Waals surface area contributed by atoms with Crippen LogP contribution in [-0.2, 0) is 71.3 Å². The molecule has 0 aliphatic carbocycles. The normalized spacial score (nSPS) is 40.8. The van der Waals surface area contributed by atoms with E-state index >= 15 is 0 Å². The molecule has 3 fully saturated rings. The molecule has 0 amide bonds. The van der Waals surface area contributed by atoms with E-state index < -0.39 is 127 Å². The van der Waals surface area contributed by atoms with Gasteiger partial charge in [0.2, 0.25) is 0 Å². The molecule has 4 aliphatic heterocycles. The predicted octanol–water partition coefficient (Wildman–Crippen LogP) is 3.33. The molecule has 2 N–H and O–H groups in total. The van der Waals surface area contributed by atoms with Crippen LogP contribution in [0.25, 0.3) is 0 Å². The van der Waals surface area contributed by atoms with Gasteiger partial charge in [-0.3, -0.25) is 19.2 Å². The number of fused-ring (bicyclic) bond motifs is 1. The first kappa shape index (κ1) is 52.6. The Balaban J connectivity index is 1.68. The molecule has 360 valence electrons. The van der Waals surface area contributed by atoms with Gasteiger partial charge in [0.1, 0.15) is 54.6 Å². The maximum Gasteiger partial charge on any atom is 0.309 e. The molecule has 63 heavy (non-hydrogen) atoms. The summed E-state index contributed by atoms with van der Waals surface area (Å²) in [6.45, 7) is 13.4. The number of nitrogens with zero attached hydrogens (tertiary/aromatic N) is 1. The molecule has 18 atom stereocenters. The van der Waals surface area contributed by atoms with Crippen molar-refractivity contribution in [2.45, 2.75) is 211 Å². The van der Waals surface area contributed by atoms with Gasteiger partial charge in [0.25, 0.3) is 0 Å². The summed E-state index contributed by atoms with van der Waals surface area (Å²) < 4.78 is 60.7. The van der Waals surface area contributed by atoms with Crippen molar-refractivity contribution < 1.29 is 81.6 Å². The average molecular weight is 900 g/mol. The minimum atomic E-state index is -1.51. The Labute approximate surface area is 371 Å². The molecule has 0 radical (unpaired) electrons. The highest BCUT2D eigenvalue weighted by Gasteiger charge is 2.53. The van der Waals surface area contributed by atoms with Crippen LogP contribution in [0.2, 0.25) is 0 Å². The molecule has 18 unspecified atom stereocenters. The molecule has 18 nitrogen and oxygen atoms in total. The van der Waals surface area contributed by atoms with E-state index in [1.165, 1.54) is 14.0 Å². The lowest BCUT2D eigenvalue weighted by Gasteiger charge is -2.50. The van der Waals surface area contributed by atoms with Crippen LogP contribution in [0.1, 0.15) is 113 Å². The molecule has 18 heteroatoms. The number of hydrogen-bond acceptors (Lipinski definition) is 18. The van der Waals surface area contributed by atoms with Crippen LogP contribution in [0.3, 0.4) is 0 Å². The topological polar surface area (TPSA) is 225 Å². The van der Waals surface area contributed by atoms with Crippen molar-refractivity contribution in [1.82, 2.24) is 4.90 Å². The minimum Gasteiger partial charge on any atom is -0.462 e. The van der Waals surface area contributed by atoms with Crippen molar-refractivity contribution in [1.29, 1.82) is 0 Å². The number of unbranched alkanes of at least 4 members (excludes halogenated alkanes) is 1. The van der Waals surface area contributed by atoms with Crippen LogP contribution in [0.15, 0.2) is 12.2 Å². The number of likely N-dealkylation sites (N-methyl/N-ethyl adjacent to an activating group) is 1. The number of cyclic esters (lactones) is 1. The molecule has 0 spiro atoms. The number of carbonyl (C=O) groups is 5. The Morgan fingerprint density at radius 2 is 1.65 bits per heavy atom. The highest BCUT2D eigenvalue weighted by atomic mass is 16.7. The summed E-state index contributed by atoms with van der Waals surface area (Å²) in [4.78, 5) is 65.6. The zero-order chi connectivity index (χ0) is 46.8. The maximum atomic E-state index is 13.5. The lowest BCUT2D eigenvalue weighted by atomic mass is 9.82. The van der Waals surface area contributed by atoms with Crippen LogP contribution in [0, 0.1) is 11.8 Å². The lowest BCUT2D eigenvalue weighted by Crippen LogP contribution is -2.66. The molecule has 0 aromatic heterocycles. The number of ether oxygens (including phenoxy) is 10. The second-order valence-electron chi connectivity index (χ2n) is 18.0. The van der Waals surface area contributed by atoms with E-state index in [2.05, 4.69) is 0 Å². The molecular formula is C45H73NO17. The summed E-state index contributed by atoms with van der Waals surface area (Å²) in [5.41, 5.74) is -1.51. The molecular weight excluding hydrogens is 826 g/mol. The van der Waals surface area contributed by atoms with Crippen molar-refractivity contribution in [3.63, 3.8) is 0 Å². The number of aliphatic hydroxyl groups is 2. The van der Waals surface area contributed by atoms with E-state index in [-0.39, 0.29) is 44.3 Å². The first-order valence-corrected chi connectivity index (χ1v) is 22.5. The van der Waals surface area contributed by atoms with E-state index in [1.54, 1.807) is 59.7 Å². The third-order valence-electron chi connectivity index (χ3n) is 12.3. The quantitative estimate of drug-likeness (QED) is 0.0791. The Morgan fingerprint density at radius 3 is 2.25 bits per heavy atom. The number of methoxy groups -OCH3 is 1. The third-order valence-corrected chi connectivity index (χ3v) is 12.3. The van der Waals surface area contributed by atoms with E-state index in [4.69, 9.17) is 47.4 Å². The first-order chi connectivity index (χ1) is 29.7. The molecule has 0 aromatic rings. The van der Waals surface area contributed by atoms with E-state index in [0.29, 0.717) is 19.1 Å². The summed E-state index contributed by atoms with van der Waals surface area (Å²) in [7, 11) is 4.85. The van der Waals surface area contributed by atoms with Gasteiger partial charge < -0.3 is 67.3 Å². The van der Waals surface area contributed by atoms with Gasteiger partial charge in [0, 0.05) is 46.1 Å². The molecule has 4 aliphatic rings. The van der Waals surface area contributed by atoms with Gasteiger partial charge in [-0.25, -0.2) is 0 Å². The molecule has 0 saturated carbocycles. The summed E-state index contributed by atoms with van der Waals surface area (Å²) in [6, 6.07) is -0.806. The van der Waals surface area contributed by atoms with Gasteiger partial charge in [-0.05, 0) is 72.5 Å². The number of aldehydes is 1. The minimum absolute atomic E-state index is 0.0532. The monoisotopic (exact) mass is 899 g/mol. The Morgan fingerprint density at radius 1 is 0.937 bits per heavy atom. The SMILES string of the molecule is CCCCC(=O)OC1C(C)OC(OC2C(C)OC(OC3C(CC=O)CC(C)C(OC(=O)CC)/C=C/C4OC4CC(C)OC(=O)CC(OC(C)=O)C3OC)C(O)C2N(C)C)CC1(C)O. The van der Waals surface area contributed by atoms with Gasteiger partial charge in [-0.2, -0.15) is 0 Å². The molecule has 0 bridgehead atoms. The summed E-state index contributed by atoms with van der Waals surface area (Å²) in [5.74, 6) is -3.39. The number of esters is 4. The van der Waals surface area contributed by atoms with Crippen LogP contribution in [-0.4, -0.2) is 164 Å². The van der Waals surface area contributed by atoms with Crippen LogP contribution >= 0.6 is 0 Å². The zero-order valence-corrected chi connectivity index (χ0v) is 38.9. The fourth-order valence-corrected chi connectivity index (χ4v) is 9.00. The Hall–Kier alpha value is -3.07. The molecule has 3 saturated heterocycles. The number of epoxide rings is 1.